The third-order valence-corrected chi connectivity index (χ3v) is 2.56. The lowest BCUT2D eigenvalue weighted by molar-refractivity contribution is 0.0953. The van der Waals surface area contributed by atoms with Crippen LogP contribution < -0.4 is 11.1 Å². The van der Waals surface area contributed by atoms with E-state index in [-0.39, 0.29) is 11.7 Å². The minimum atomic E-state index is -0.205. The van der Waals surface area contributed by atoms with Crippen LogP contribution in [0.3, 0.4) is 0 Å². The molecule has 92 valence electrons. The molecule has 0 aliphatic carbocycles. The second-order valence-corrected chi connectivity index (χ2v) is 4.35. The Morgan fingerprint density at radius 1 is 1.53 bits per heavy atom. The van der Waals surface area contributed by atoms with Gasteiger partial charge >= 0.3 is 0 Å². The van der Waals surface area contributed by atoms with Crippen LogP contribution in [-0.4, -0.2) is 22.5 Å². The van der Waals surface area contributed by atoms with Gasteiger partial charge < -0.3 is 16.2 Å². The Hall–Kier alpha value is -1.62. The van der Waals surface area contributed by atoms with Crippen molar-refractivity contribution < 1.29 is 9.90 Å². The van der Waals surface area contributed by atoms with Gasteiger partial charge in [0.05, 0.1) is 4.99 Å². The monoisotopic (exact) mass is 252 g/mol. The van der Waals surface area contributed by atoms with E-state index in [1.54, 1.807) is 19.1 Å². The average molecular weight is 252 g/mol. The van der Waals surface area contributed by atoms with Crippen LogP contribution in [0, 0.1) is 6.92 Å². The van der Waals surface area contributed by atoms with Gasteiger partial charge in [0.1, 0.15) is 5.75 Å². The maximum atomic E-state index is 11.7. The number of thiocarbonyl (C=S) groups is 1. The Kier molecular flexibility index (Phi) is 4.90. The van der Waals surface area contributed by atoms with Crippen molar-refractivity contribution in [3.63, 3.8) is 0 Å². The molecule has 1 aromatic rings. The number of hydrogen-bond donors (Lipinski definition) is 3. The summed E-state index contributed by atoms with van der Waals surface area (Å²) in [6.45, 7) is 2.30. The third kappa shape index (κ3) is 4.40. The van der Waals surface area contributed by atoms with Crippen molar-refractivity contribution >= 4 is 23.1 Å². The van der Waals surface area contributed by atoms with Gasteiger partial charge in [-0.15, -0.1) is 0 Å². The molecular weight excluding hydrogens is 236 g/mol. The van der Waals surface area contributed by atoms with Crippen molar-refractivity contribution in [3.8, 4) is 5.75 Å². The lowest BCUT2D eigenvalue weighted by atomic mass is 10.1. The molecule has 0 bridgehead atoms. The van der Waals surface area contributed by atoms with E-state index in [1.807, 2.05) is 0 Å². The van der Waals surface area contributed by atoms with Crippen LogP contribution in [0.25, 0.3) is 0 Å². The number of aromatic hydroxyl groups is 1. The number of rotatable bonds is 5. The summed E-state index contributed by atoms with van der Waals surface area (Å²) in [5.41, 5.74) is 6.54. The minimum absolute atomic E-state index is 0.126. The van der Waals surface area contributed by atoms with Crippen LogP contribution in [0.2, 0.25) is 0 Å². The van der Waals surface area contributed by atoms with Crippen molar-refractivity contribution in [1.82, 2.24) is 5.32 Å². The molecule has 0 unspecified atom stereocenters. The van der Waals surface area contributed by atoms with Gasteiger partial charge in [0.25, 0.3) is 5.91 Å². The van der Waals surface area contributed by atoms with Crippen molar-refractivity contribution in [1.29, 1.82) is 0 Å². The van der Waals surface area contributed by atoms with Crippen LogP contribution in [0.15, 0.2) is 18.2 Å². The van der Waals surface area contributed by atoms with Gasteiger partial charge in [-0.1, -0.05) is 18.3 Å². The zero-order valence-corrected chi connectivity index (χ0v) is 10.5. The maximum Gasteiger partial charge on any atom is 0.251 e. The number of carbonyl (C=O) groups is 1. The first kappa shape index (κ1) is 13.4. The number of nitrogens with two attached hydrogens (primary N) is 1. The fourth-order valence-electron chi connectivity index (χ4n) is 1.32. The van der Waals surface area contributed by atoms with Gasteiger partial charge in [-0.25, -0.2) is 0 Å². The Balaban J connectivity index is 2.47. The van der Waals surface area contributed by atoms with E-state index in [2.05, 4.69) is 5.32 Å². The number of hydrogen-bond acceptors (Lipinski definition) is 3. The van der Waals surface area contributed by atoms with E-state index < -0.39 is 0 Å². The Morgan fingerprint density at radius 2 is 2.24 bits per heavy atom. The number of benzene rings is 1. The normalized spacial score (nSPS) is 9.94. The number of amides is 1. The molecular formula is C12H16N2O2S. The van der Waals surface area contributed by atoms with Gasteiger partial charge in [-0.2, -0.15) is 0 Å². The molecule has 5 heteroatoms. The highest BCUT2D eigenvalue weighted by molar-refractivity contribution is 7.80. The molecule has 1 amide bonds. The third-order valence-electron chi connectivity index (χ3n) is 2.36. The van der Waals surface area contributed by atoms with Crippen LogP contribution >= 0.6 is 12.2 Å². The average Bonchev–Trinajstić information content (AvgIpc) is 2.27. The van der Waals surface area contributed by atoms with Crippen LogP contribution in [0.1, 0.15) is 28.8 Å². The summed E-state index contributed by atoms with van der Waals surface area (Å²) in [6, 6.07) is 4.84. The number of nitrogens with one attached hydrogen (secondary N) is 1. The van der Waals surface area contributed by atoms with Gasteiger partial charge in [-0.05, 0) is 37.5 Å². The van der Waals surface area contributed by atoms with E-state index in [0.29, 0.717) is 23.5 Å². The first-order chi connectivity index (χ1) is 8.00. The van der Waals surface area contributed by atoms with E-state index in [9.17, 15) is 9.90 Å². The molecule has 4 N–H and O–H groups in total. The number of phenolic OH excluding ortho intramolecular Hbond substituents is 1. The fraction of sp³-hybridized carbons (Fsp3) is 0.333. The minimum Gasteiger partial charge on any atom is -0.508 e. The Labute approximate surface area is 106 Å². The van der Waals surface area contributed by atoms with Crippen molar-refractivity contribution in [2.24, 2.45) is 5.73 Å². The van der Waals surface area contributed by atoms with E-state index in [0.717, 1.165) is 12.0 Å². The van der Waals surface area contributed by atoms with Gasteiger partial charge in [0.2, 0.25) is 0 Å². The summed E-state index contributed by atoms with van der Waals surface area (Å²) in [6.07, 6.45) is 1.34. The lowest BCUT2D eigenvalue weighted by Gasteiger charge is -2.06. The van der Waals surface area contributed by atoms with Crippen molar-refractivity contribution in [2.75, 3.05) is 6.54 Å². The van der Waals surface area contributed by atoms with Crippen molar-refractivity contribution in [2.45, 2.75) is 19.8 Å². The molecule has 0 aliphatic heterocycles. The molecule has 0 fully saturated rings. The molecule has 1 aromatic carbocycles. The molecule has 0 radical (unpaired) electrons. The summed E-state index contributed by atoms with van der Waals surface area (Å²) in [7, 11) is 0. The summed E-state index contributed by atoms with van der Waals surface area (Å²) >= 11 is 4.73. The number of phenols is 1. The SMILES string of the molecule is Cc1ccc(C(=O)NCCCC(N)=S)cc1O. The molecule has 17 heavy (non-hydrogen) atoms. The van der Waals surface area contributed by atoms with E-state index >= 15 is 0 Å². The highest BCUT2D eigenvalue weighted by Crippen LogP contribution is 2.17. The molecule has 0 aromatic heterocycles. The Morgan fingerprint density at radius 3 is 2.82 bits per heavy atom. The molecule has 0 spiro atoms. The molecule has 0 saturated carbocycles. The van der Waals surface area contributed by atoms with Crippen LogP contribution in [0.5, 0.6) is 5.75 Å². The van der Waals surface area contributed by atoms with Crippen LogP contribution in [-0.2, 0) is 0 Å². The zero-order chi connectivity index (χ0) is 12.8. The van der Waals surface area contributed by atoms with E-state index in [1.165, 1.54) is 6.07 Å². The molecule has 4 nitrogen and oxygen atoms in total. The van der Waals surface area contributed by atoms with Crippen molar-refractivity contribution in [3.05, 3.63) is 29.3 Å². The molecule has 0 heterocycles. The smallest absolute Gasteiger partial charge is 0.251 e. The van der Waals surface area contributed by atoms with Crippen LogP contribution in [0.4, 0.5) is 0 Å². The highest BCUT2D eigenvalue weighted by atomic mass is 32.1. The molecule has 0 atom stereocenters. The number of aryl methyl sites for hydroxylation is 1. The van der Waals surface area contributed by atoms with Gasteiger partial charge in [0.15, 0.2) is 0 Å². The predicted molar refractivity (Wildman–Crippen MR) is 71.2 cm³/mol. The van der Waals surface area contributed by atoms with Gasteiger partial charge in [0, 0.05) is 12.1 Å². The highest BCUT2D eigenvalue weighted by Gasteiger charge is 2.06. The van der Waals surface area contributed by atoms with E-state index in [4.69, 9.17) is 18.0 Å². The molecule has 0 aliphatic rings. The summed E-state index contributed by atoms with van der Waals surface area (Å²) in [4.78, 5) is 12.1. The topological polar surface area (TPSA) is 75.4 Å². The second kappa shape index (κ2) is 6.20. The first-order valence-corrected chi connectivity index (χ1v) is 5.77. The number of carbonyl (C=O) groups excluding carboxylic acids is 1. The van der Waals surface area contributed by atoms with Gasteiger partial charge in [-0.3, -0.25) is 4.79 Å². The largest absolute Gasteiger partial charge is 0.508 e. The maximum absolute atomic E-state index is 11.7. The Bertz CT molecular complexity index is 433. The molecule has 0 saturated heterocycles. The quantitative estimate of drug-likeness (QED) is 0.548. The fourth-order valence-corrected chi connectivity index (χ4v) is 1.46. The summed E-state index contributed by atoms with van der Waals surface area (Å²) in [5.74, 6) is -0.0796. The summed E-state index contributed by atoms with van der Waals surface area (Å²) in [5, 5.41) is 12.2. The molecule has 1 rings (SSSR count). The zero-order valence-electron chi connectivity index (χ0n) is 9.69. The lowest BCUT2D eigenvalue weighted by Crippen LogP contribution is -2.25. The standard InChI is InChI=1S/C12H16N2O2S/c1-8-4-5-9(7-10(8)15)12(16)14-6-2-3-11(13)17/h4-5,7,15H,2-3,6H2,1H3,(H2,13,17)(H,14,16). The summed E-state index contributed by atoms with van der Waals surface area (Å²) < 4.78 is 0. The predicted octanol–water partition coefficient (Wildman–Crippen LogP) is 1.50. The second-order valence-electron chi connectivity index (χ2n) is 3.83. The first-order valence-electron chi connectivity index (χ1n) is 5.37.